The first kappa shape index (κ1) is 29.0. The summed E-state index contributed by atoms with van der Waals surface area (Å²) in [6.45, 7) is 7.01. The van der Waals surface area contributed by atoms with E-state index in [0.717, 1.165) is 11.3 Å². The standard InChI is InChI=1S/C25H31F2N3O4.C2H6/c1-15(2)19-6-4-5-7-21(19)30(14-17-9-11-18(12-10-17)23(31)32)25(33)29-20-13-8-16(3)28-22(20)34-24(26)27;1-2/h4-8,13,15,17-18,24H,9-12,14H2,1-3H3,(H,29,33)(H,31,32);1-2H3. The number of carboxylic acid groups (broad SMARTS) is 1. The Balaban J connectivity index is 0.00000222. The molecule has 1 aliphatic rings. The van der Waals surface area contributed by atoms with Gasteiger partial charge in [-0.15, -0.1) is 0 Å². The smallest absolute Gasteiger partial charge is 0.388 e. The lowest BCUT2D eigenvalue weighted by atomic mass is 9.81. The number of carboxylic acids is 1. The van der Waals surface area contributed by atoms with Crippen molar-refractivity contribution in [1.29, 1.82) is 0 Å². The third-order valence-corrected chi connectivity index (χ3v) is 6.17. The predicted molar refractivity (Wildman–Crippen MR) is 137 cm³/mol. The summed E-state index contributed by atoms with van der Waals surface area (Å²) in [5.74, 6) is -1.21. The van der Waals surface area contributed by atoms with E-state index in [1.54, 1.807) is 17.9 Å². The first-order valence-corrected chi connectivity index (χ1v) is 12.5. The first-order valence-electron chi connectivity index (χ1n) is 12.5. The molecule has 1 aromatic carbocycles. The number of benzene rings is 1. The Kier molecular flexibility index (Phi) is 11.1. The Bertz CT molecular complexity index is 1010. The van der Waals surface area contributed by atoms with Crippen LogP contribution in [0.4, 0.5) is 25.0 Å². The van der Waals surface area contributed by atoms with Gasteiger partial charge in [-0.05, 0) is 68.2 Å². The van der Waals surface area contributed by atoms with Gasteiger partial charge >= 0.3 is 18.6 Å². The quantitative estimate of drug-likeness (QED) is 0.400. The minimum Gasteiger partial charge on any atom is -0.481 e. The van der Waals surface area contributed by atoms with Gasteiger partial charge in [-0.1, -0.05) is 45.9 Å². The average molecular weight is 506 g/mol. The molecule has 0 unspecified atom stereocenters. The number of alkyl halides is 2. The van der Waals surface area contributed by atoms with Crippen molar-refractivity contribution in [2.24, 2.45) is 11.8 Å². The minimum atomic E-state index is -3.08. The first-order chi connectivity index (χ1) is 17.2. The van der Waals surface area contributed by atoms with Crippen LogP contribution in [0.5, 0.6) is 5.88 Å². The number of aromatic nitrogens is 1. The summed E-state index contributed by atoms with van der Waals surface area (Å²) in [7, 11) is 0. The van der Waals surface area contributed by atoms with E-state index in [2.05, 4.69) is 15.0 Å². The lowest BCUT2D eigenvalue weighted by Crippen LogP contribution is -2.40. The Morgan fingerprint density at radius 1 is 1.11 bits per heavy atom. The third-order valence-electron chi connectivity index (χ3n) is 6.17. The molecule has 9 heteroatoms. The molecule has 0 bridgehead atoms. The molecule has 36 heavy (non-hydrogen) atoms. The fraction of sp³-hybridized carbons (Fsp3) is 0.519. The van der Waals surface area contributed by atoms with Gasteiger partial charge in [-0.2, -0.15) is 8.78 Å². The van der Waals surface area contributed by atoms with Crippen LogP contribution in [0.15, 0.2) is 36.4 Å². The van der Waals surface area contributed by atoms with E-state index in [-0.39, 0.29) is 29.3 Å². The molecule has 2 N–H and O–H groups in total. The van der Waals surface area contributed by atoms with Gasteiger partial charge < -0.3 is 15.2 Å². The molecule has 3 rings (SSSR count). The largest absolute Gasteiger partial charge is 0.481 e. The van der Waals surface area contributed by atoms with Crippen LogP contribution in [-0.4, -0.2) is 35.2 Å². The number of hydrogen-bond donors (Lipinski definition) is 2. The maximum Gasteiger partial charge on any atom is 0.388 e. The van der Waals surface area contributed by atoms with Gasteiger partial charge in [0.2, 0.25) is 5.88 Å². The van der Waals surface area contributed by atoms with Gasteiger partial charge in [-0.3, -0.25) is 9.69 Å². The van der Waals surface area contributed by atoms with Crippen molar-refractivity contribution >= 4 is 23.4 Å². The summed E-state index contributed by atoms with van der Waals surface area (Å²) in [5, 5.41) is 12.0. The number of pyridine rings is 1. The molecule has 2 amide bonds. The van der Waals surface area contributed by atoms with E-state index >= 15 is 0 Å². The van der Waals surface area contributed by atoms with Gasteiger partial charge in [0.05, 0.1) is 5.92 Å². The number of aliphatic carboxylic acids is 1. The second-order valence-corrected chi connectivity index (χ2v) is 8.99. The summed E-state index contributed by atoms with van der Waals surface area (Å²) in [6, 6.07) is 10.2. The average Bonchev–Trinajstić information content (AvgIpc) is 2.85. The van der Waals surface area contributed by atoms with Gasteiger partial charge in [0.25, 0.3) is 0 Å². The van der Waals surface area contributed by atoms with E-state index in [1.807, 2.05) is 52.0 Å². The van der Waals surface area contributed by atoms with Gasteiger partial charge in [-0.25, -0.2) is 9.78 Å². The second kappa shape index (κ2) is 13.8. The molecular weight excluding hydrogens is 468 g/mol. The number of nitrogens with one attached hydrogen (secondary N) is 1. The highest BCUT2D eigenvalue weighted by molar-refractivity contribution is 6.03. The minimum absolute atomic E-state index is 0.0533. The fourth-order valence-electron chi connectivity index (χ4n) is 4.35. The Labute approximate surface area is 211 Å². The number of carbonyl (C=O) groups is 2. The number of nitrogens with zero attached hydrogens (tertiary/aromatic N) is 2. The number of aryl methyl sites for hydroxylation is 1. The summed E-state index contributed by atoms with van der Waals surface area (Å²) in [5.41, 5.74) is 2.23. The van der Waals surface area contributed by atoms with Crippen molar-refractivity contribution in [2.75, 3.05) is 16.8 Å². The van der Waals surface area contributed by atoms with Crippen LogP contribution >= 0.6 is 0 Å². The number of carbonyl (C=O) groups excluding carboxylic acids is 1. The number of amides is 2. The molecular formula is C27H37F2N3O4. The zero-order chi connectivity index (χ0) is 26.8. The predicted octanol–water partition coefficient (Wildman–Crippen LogP) is 7.07. The van der Waals surface area contributed by atoms with Crippen LogP contribution in [0.2, 0.25) is 0 Å². The van der Waals surface area contributed by atoms with E-state index in [1.165, 1.54) is 6.07 Å². The maximum atomic E-state index is 13.5. The van der Waals surface area contributed by atoms with Crippen LogP contribution in [-0.2, 0) is 4.79 Å². The SMILES string of the molecule is CC.Cc1ccc(NC(=O)N(CC2CCC(C(=O)O)CC2)c2ccccc2C(C)C)c(OC(F)F)n1. The normalized spacial score (nSPS) is 17.2. The Morgan fingerprint density at radius 2 is 1.75 bits per heavy atom. The molecule has 1 heterocycles. The zero-order valence-corrected chi connectivity index (χ0v) is 21.6. The lowest BCUT2D eigenvalue weighted by molar-refractivity contribution is -0.143. The highest BCUT2D eigenvalue weighted by atomic mass is 19.3. The number of halogens is 2. The second-order valence-electron chi connectivity index (χ2n) is 8.99. The number of para-hydroxylation sites is 1. The van der Waals surface area contributed by atoms with Crippen LogP contribution in [0.1, 0.15) is 70.6 Å². The van der Waals surface area contributed by atoms with Crippen molar-refractivity contribution in [3.8, 4) is 5.88 Å². The lowest BCUT2D eigenvalue weighted by Gasteiger charge is -2.33. The van der Waals surface area contributed by atoms with Crippen LogP contribution in [0.25, 0.3) is 0 Å². The monoisotopic (exact) mass is 505 g/mol. The molecule has 0 aliphatic heterocycles. The topological polar surface area (TPSA) is 91.8 Å². The molecule has 1 saturated carbocycles. The fourth-order valence-corrected chi connectivity index (χ4v) is 4.35. The van der Waals surface area contributed by atoms with Gasteiger partial charge in [0.15, 0.2) is 0 Å². The van der Waals surface area contributed by atoms with Crippen LogP contribution < -0.4 is 15.0 Å². The van der Waals surface area contributed by atoms with Crippen molar-refractivity contribution in [3.63, 3.8) is 0 Å². The van der Waals surface area contributed by atoms with E-state index in [0.29, 0.717) is 37.9 Å². The number of hydrogen-bond acceptors (Lipinski definition) is 4. The third kappa shape index (κ3) is 7.90. The molecule has 2 aromatic rings. The molecule has 0 spiro atoms. The summed E-state index contributed by atoms with van der Waals surface area (Å²) >= 11 is 0. The molecule has 1 aromatic heterocycles. The van der Waals surface area contributed by atoms with E-state index in [9.17, 15) is 23.5 Å². The van der Waals surface area contributed by atoms with Gasteiger partial charge in [0.1, 0.15) is 5.69 Å². The molecule has 0 saturated heterocycles. The number of anilines is 2. The van der Waals surface area contributed by atoms with E-state index in [4.69, 9.17) is 0 Å². The summed E-state index contributed by atoms with van der Waals surface area (Å²) in [6.07, 6.45) is 2.51. The summed E-state index contributed by atoms with van der Waals surface area (Å²) < 4.78 is 30.3. The van der Waals surface area contributed by atoms with Crippen molar-refractivity contribution < 1.29 is 28.2 Å². The van der Waals surface area contributed by atoms with Crippen molar-refractivity contribution in [2.45, 2.75) is 72.8 Å². The van der Waals surface area contributed by atoms with Crippen molar-refractivity contribution in [1.82, 2.24) is 4.98 Å². The summed E-state index contributed by atoms with van der Waals surface area (Å²) in [4.78, 5) is 30.4. The van der Waals surface area contributed by atoms with Crippen LogP contribution in [0.3, 0.4) is 0 Å². The molecule has 1 aliphatic carbocycles. The van der Waals surface area contributed by atoms with Crippen molar-refractivity contribution in [3.05, 3.63) is 47.7 Å². The Morgan fingerprint density at radius 3 is 2.33 bits per heavy atom. The molecule has 198 valence electrons. The molecule has 0 radical (unpaired) electrons. The zero-order valence-electron chi connectivity index (χ0n) is 21.6. The maximum absolute atomic E-state index is 13.5. The molecule has 7 nitrogen and oxygen atoms in total. The Hall–Kier alpha value is -3.23. The molecule has 0 atom stereocenters. The highest BCUT2D eigenvalue weighted by Gasteiger charge is 2.30. The number of rotatable bonds is 8. The van der Waals surface area contributed by atoms with E-state index < -0.39 is 18.6 Å². The van der Waals surface area contributed by atoms with Crippen LogP contribution in [0, 0.1) is 18.8 Å². The van der Waals surface area contributed by atoms with Gasteiger partial charge in [0, 0.05) is 17.9 Å². The molecule has 1 fully saturated rings. The number of urea groups is 1. The number of ether oxygens (including phenoxy) is 1. The highest BCUT2D eigenvalue weighted by Crippen LogP contribution is 2.34.